The minimum absolute atomic E-state index is 0.632. The van der Waals surface area contributed by atoms with Gasteiger partial charge in [-0.1, -0.05) is 115 Å². The number of hydrogen-bond acceptors (Lipinski definition) is 3. The quantitative estimate of drug-likeness (QED) is 0.200. The highest BCUT2D eigenvalue weighted by Gasteiger charge is 2.18. The van der Waals surface area contributed by atoms with Crippen LogP contribution in [0.3, 0.4) is 0 Å². The highest BCUT2D eigenvalue weighted by molar-refractivity contribution is 6.17. The molecule has 0 bridgehead atoms. The molecule has 44 heavy (non-hydrogen) atoms. The molecule has 206 valence electrons. The average molecular weight is 563 g/mol. The van der Waals surface area contributed by atoms with Gasteiger partial charge in [0.2, 0.25) is 5.71 Å². The van der Waals surface area contributed by atoms with Crippen molar-refractivity contribution < 1.29 is 4.42 Å². The van der Waals surface area contributed by atoms with Gasteiger partial charge in [0.25, 0.3) is 0 Å². The molecule has 7 aromatic carbocycles. The summed E-state index contributed by atoms with van der Waals surface area (Å²) < 4.78 is 6.22. The molecule has 2 heterocycles. The molecule has 0 amide bonds. The Morgan fingerprint density at radius 2 is 1.02 bits per heavy atom. The second-order valence-electron chi connectivity index (χ2n) is 11.2. The molecule has 0 unspecified atom stereocenters. The monoisotopic (exact) mass is 562 g/mol. The Morgan fingerprint density at radius 3 is 1.86 bits per heavy atom. The van der Waals surface area contributed by atoms with Crippen molar-refractivity contribution in [3.8, 4) is 11.1 Å². The predicted molar refractivity (Wildman–Crippen MR) is 184 cm³/mol. The number of fused-ring (bicyclic) bond motifs is 8. The van der Waals surface area contributed by atoms with Crippen LogP contribution in [-0.2, 0) is 0 Å². The first-order chi connectivity index (χ1) is 21.8. The van der Waals surface area contributed by atoms with Crippen LogP contribution >= 0.6 is 0 Å². The third kappa shape index (κ3) is 3.94. The lowest BCUT2D eigenvalue weighted by Crippen LogP contribution is -2.11. The summed E-state index contributed by atoms with van der Waals surface area (Å²) >= 11 is 0. The lowest BCUT2D eigenvalue weighted by atomic mass is 9.96. The van der Waals surface area contributed by atoms with Crippen LogP contribution in [0.1, 0.15) is 0 Å². The van der Waals surface area contributed by atoms with E-state index in [-0.39, 0.29) is 0 Å². The number of benzene rings is 7. The first-order valence-corrected chi connectivity index (χ1v) is 14.9. The van der Waals surface area contributed by atoms with Crippen molar-refractivity contribution in [3.63, 3.8) is 0 Å². The third-order valence-corrected chi connectivity index (χ3v) is 8.68. The molecule has 0 radical (unpaired) electrons. The van der Waals surface area contributed by atoms with Crippen molar-refractivity contribution in [3.05, 3.63) is 158 Å². The lowest BCUT2D eigenvalue weighted by Gasteiger charge is -2.25. The molecule has 0 fully saturated rings. The summed E-state index contributed by atoms with van der Waals surface area (Å²) in [4.78, 5) is 7.31. The number of anilines is 3. The van der Waals surface area contributed by atoms with Crippen LogP contribution in [0.2, 0.25) is 0 Å². The molecule has 0 saturated heterocycles. The van der Waals surface area contributed by atoms with Crippen molar-refractivity contribution in [2.75, 3.05) is 4.90 Å². The lowest BCUT2D eigenvalue weighted by molar-refractivity contribution is 0.654. The molecule has 0 aliphatic heterocycles. The van der Waals surface area contributed by atoms with Gasteiger partial charge in [0, 0.05) is 22.1 Å². The zero-order valence-electron chi connectivity index (χ0n) is 23.8. The smallest absolute Gasteiger partial charge is 0.229 e. The van der Waals surface area contributed by atoms with Crippen LogP contribution in [0.5, 0.6) is 0 Å². The van der Waals surface area contributed by atoms with Gasteiger partial charge in [-0.3, -0.25) is 4.90 Å². The standard InChI is InChI=1S/C41H26N2O/c1-2-8-27(9-3-1)28-14-19-31(20-15-28)43(40-25-24-37-36-12-6-7-13-39(36)44-41(37)42-40)32-21-16-30-18-22-34-33-11-5-4-10-29(33)17-23-35(34)38(30)26-32/h1-26H. The maximum Gasteiger partial charge on any atom is 0.229 e. The number of nitrogens with zero attached hydrogens (tertiary/aromatic N) is 2. The number of rotatable bonds is 4. The van der Waals surface area contributed by atoms with Crippen molar-refractivity contribution in [1.82, 2.24) is 4.98 Å². The van der Waals surface area contributed by atoms with Crippen LogP contribution in [0.15, 0.2) is 162 Å². The molecule has 2 aromatic heterocycles. The topological polar surface area (TPSA) is 29.3 Å². The maximum absolute atomic E-state index is 6.22. The predicted octanol–water partition coefficient (Wildman–Crippen LogP) is 11.6. The molecule has 3 heteroatoms. The number of furan rings is 1. The van der Waals surface area contributed by atoms with Gasteiger partial charge in [0.1, 0.15) is 11.4 Å². The Labute approximate surface area is 254 Å². The molecule has 0 atom stereocenters. The molecular formula is C41H26N2O. The van der Waals surface area contributed by atoms with Gasteiger partial charge in [-0.15, -0.1) is 0 Å². The van der Waals surface area contributed by atoms with E-state index in [9.17, 15) is 0 Å². The molecule has 3 nitrogen and oxygen atoms in total. The zero-order chi connectivity index (χ0) is 29.0. The van der Waals surface area contributed by atoms with Gasteiger partial charge in [-0.2, -0.15) is 4.98 Å². The molecule has 0 saturated carbocycles. The molecule has 9 aromatic rings. The summed E-state index contributed by atoms with van der Waals surface area (Å²) in [5, 5.41) is 9.51. The summed E-state index contributed by atoms with van der Waals surface area (Å²) in [7, 11) is 0. The van der Waals surface area contributed by atoms with E-state index in [4.69, 9.17) is 9.40 Å². The van der Waals surface area contributed by atoms with E-state index in [2.05, 4.69) is 138 Å². The van der Waals surface area contributed by atoms with Gasteiger partial charge < -0.3 is 4.42 Å². The first-order valence-electron chi connectivity index (χ1n) is 14.9. The Hall–Kier alpha value is -5.93. The number of para-hydroxylation sites is 1. The Kier molecular flexibility index (Phi) is 5.50. The fourth-order valence-electron chi connectivity index (χ4n) is 6.51. The van der Waals surface area contributed by atoms with Crippen molar-refractivity contribution >= 4 is 71.6 Å². The zero-order valence-corrected chi connectivity index (χ0v) is 23.8. The fraction of sp³-hybridized carbons (Fsp3) is 0. The second-order valence-corrected chi connectivity index (χ2v) is 11.2. The van der Waals surface area contributed by atoms with E-state index < -0.39 is 0 Å². The van der Waals surface area contributed by atoms with Gasteiger partial charge >= 0.3 is 0 Å². The van der Waals surface area contributed by atoms with E-state index in [1.165, 1.54) is 43.4 Å². The van der Waals surface area contributed by atoms with Crippen LogP contribution in [-0.4, -0.2) is 4.98 Å². The Balaban J connectivity index is 1.25. The summed E-state index contributed by atoms with van der Waals surface area (Å²) in [6, 6.07) is 55.8. The van der Waals surface area contributed by atoms with Crippen LogP contribution in [0, 0.1) is 0 Å². The average Bonchev–Trinajstić information content (AvgIpc) is 3.47. The SMILES string of the molecule is c1ccc(-c2ccc(N(c3ccc4ccc5c6ccccc6ccc5c4c3)c3ccc4c(n3)oc3ccccc34)cc2)cc1. The first kappa shape index (κ1) is 24.6. The second kappa shape index (κ2) is 9.82. The van der Waals surface area contributed by atoms with E-state index in [0.717, 1.165) is 33.5 Å². The molecule has 0 spiro atoms. The third-order valence-electron chi connectivity index (χ3n) is 8.68. The minimum Gasteiger partial charge on any atom is -0.438 e. The molecule has 0 aliphatic carbocycles. The van der Waals surface area contributed by atoms with E-state index in [1.807, 2.05) is 24.3 Å². The van der Waals surface area contributed by atoms with Crippen molar-refractivity contribution in [2.24, 2.45) is 0 Å². The van der Waals surface area contributed by atoms with Crippen LogP contribution < -0.4 is 4.90 Å². The summed E-state index contributed by atoms with van der Waals surface area (Å²) in [6.07, 6.45) is 0. The van der Waals surface area contributed by atoms with Crippen LogP contribution in [0.4, 0.5) is 17.2 Å². The largest absolute Gasteiger partial charge is 0.438 e. The number of pyridine rings is 1. The van der Waals surface area contributed by atoms with Crippen LogP contribution in [0.25, 0.3) is 65.5 Å². The maximum atomic E-state index is 6.22. The molecule has 0 N–H and O–H groups in total. The molecular weight excluding hydrogens is 536 g/mol. The van der Waals surface area contributed by atoms with Crippen molar-refractivity contribution in [1.29, 1.82) is 0 Å². The fourth-order valence-corrected chi connectivity index (χ4v) is 6.51. The summed E-state index contributed by atoms with van der Waals surface area (Å²) in [6.45, 7) is 0. The highest BCUT2D eigenvalue weighted by atomic mass is 16.3. The molecule has 0 aliphatic rings. The summed E-state index contributed by atoms with van der Waals surface area (Å²) in [5.41, 5.74) is 5.90. The Morgan fingerprint density at radius 1 is 0.409 bits per heavy atom. The highest BCUT2D eigenvalue weighted by Crippen LogP contribution is 2.40. The Bertz CT molecular complexity index is 2490. The number of hydrogen-bond donors (Lipinski definition) is 0. The van der Waals surface area contributed by atoms with E-state index >= 15 is 0 Å². The minimum atomic E-state index is 0.632. The van der Waals surface area contributed by atoms with Gasteiger partial charge in [-0.25, -0.2) is 0 Å². The van der Waals surface area contributed by atoms with E-state index in [1.54, 1.807) is 0 Å². The van der Waals surface area contributed by atoms with Gasteiger partial charge in [-0.05, 0) is 85.9 Å². The van der Waals surface area contributed by atoms with Gasteiger partial charge in [0.15, 0.2) is 0 Å². The molecule has 9 rings (SSSR count). The number of aromatic nitrogens is 1. The summed E-state index contributed by atoms with van der Waals surface area (Å²) in [5.74, 6) is 0.800. The van der Waals surface area contributed by atoms with Crippen molar-refractivity contribution in [2.45, 2.75) is 0 Å². The normalized spacial score (nSPS) is 11.6. The van der Waals surface area contributed by atoms with E-state index in [0.29, 0.717) is 5.71 Å². The van der Waals surface area contributed by atoms with Gasteiger partial charge in [0.05, 0.1) is 0 Å².